The number of carbonyl (C=O) groups is 1. The molecule has 4 rings (SSSR count). The van der Waals surface area contributed by atoms with E-state index >= 15 is 0 Å². The minimum Gasteiger partial charge on any atom is -0.345 e. The highest BCUT2D eigenvalue weighted by Crippen LogP contribution is 2.21. The summed E-state index contributed by atoms with van der Waals surface area (Å²) in [4.78, 5) is 21.9. The van der Waals surface area contributed by atoms with Crippen LogP contribution in [0.5, 0.6) is 0 Å². The lowest BCUT2D eigenvalue weighted by Crippen LogP contribution is -2.25. The molecule has 0 aromatic carbocycles. The maximum absolute atomic E-state index is 12.4. The van der Waals surface area contributed by atoms with Gasteiger partial charge in [0.15, 0.2) is 5.65 Å². The van der Waals surface area contributed by atoms with Gasteiger partial charge in [-0.3, -0.25) is 4.79 Å². The maximum Gasteiger partial charge on any atom is 0.272 e. The molecule has 128 valence electrons. The second-order valence-electron chi connectivity index (χ2n) is 6.76. The van der Waals surface area contributed by atoms with E-state index in [0.717, 1.165) is 22.0 Å². The van der Waals surface area contributed by atoms with Crippen molar-refractivity contribution in [2.45, 2.75) is 32.7 Å². The molecule has 0 aliphatic rings. The summed E-state index contributed by atoms with van der Waals surface area (Å²) < 4.78 is 3.36. The quantitative estimate of drug-likeness (QED) is 0.607. The average molecular weight is 355 g/mol. The summed E-state index contributed by atoms with van der Waals surface area (Å²) in [6, 6.07) is 3.49. The molecule has 0 bridgehead atoms. The third-order valence-electron chi connectivity index (χ3n) is 3.84. The zero-order valence-corrected chi connectivity index (χ0v) is 14.9. The highest BCUT2D eigenvalue weighted by atomic mass is 32.1. The van der Waals surface area contributed by atoms with Crippen LogP contribution in [0.15, 0.2) is 30.0 Å². The van der Waals surface area contributed by atoms with E-state index in [1.165, 1.54) is 17.7 Å². The van der Waals surface area contributed by atoms with Gasteiger partial charge in [0.1, 0.15) is 12.0 Å². The molecule has 0 fully saturated rings. The van der Waals surface area contributed by atoms with Gasteiger partial charge in [0.05, 0.1) is 24.1 Å². The number of fused-ring (bicyclic) bond motifs is 2. The molecular formula is C16H17N7OS. The van der Waals surface area contributed by atoms with Crippen molar-refractivity contribution < 1.29 is 4.79 Å². The van der Waals surface area contributed by atoms with E-state index in [-0.39, 0.29) is 11.3 Å². The Balaban J connectivity index is 1.54. The summed E-state index contributed by atoms with van der Waals surface area (Å²) in [7, 11) is 0. The number of nitrogens with zero attached hydrogens (tertiary/aromatic N) is 6. The number of hydrogen-bond donors (Lipinski definition) is 1. The van der Waals surface area contributed by atoms with Gasteiger partial charge in [0.2, 0.25) is 4.96 Å². The van der Waals surface area contributed by atoms with E-state index in [0.29, 0.717) is 12.2 Å². The lowest BCUT2D eigenvalue weighted by Gasteiger charge is -2.13. The van der Waals surface area contributed by atoms with Crippen LogP contribution in [0.2, 0.25) is 0 Å². The first-order chi connectivity index (χ1) is 11.9. The lowest BCUT2D eigenvalue weighted by atomic mass is 9.93. The molecular weight excluding hydrogens is 338 g/mol. The fourth-order valence-electron chi connectivity index (χ4n) is 2.42. The smallest absolute Gasteiger partial charge is 0.272 e. The number of imidazole rings is 1. The van der Waals surface area contributed by atoms with Crippen LogP contribution in [0.4, 0.5) is 0 Å². The molecule has 0 saturated carbocycles. The largest absolute Gasteiger partial charge is 0.345 e. The van der Waals surface area contributed by atoms with Crippen LogP contribution in [-0.4, -0.2) is 35.1 Å². The normalized spacial score (nSPS) is 12.1. The number of nitrogens with one attached hydrogen (secondary N) is 1. The van der Waals surface area contributed by atoms with Crippen molar-refractivity contribution in [2.24, 2.45) is 0 Å². The standard InChI is InChI=1S/C16H17N7OS/c1-16(2,3)12-7-22-13(20-12)5-4-11(21-22)14(24)17-6-10-8-25-15-18-9-19-23(10)15/h4-5,7-9H,6H2,1-3H3,(H,17,24). The molecule has 1 amide bonds. The predicted octanol–water partition coefficient (Wildman–Crippen LogP) is 2.06. The molecule has 0 aliphatic heterocycles. The van der Waals surface area contributed by atoms with E-state index < -0.39 is 0 Å². The fraction of sp³-hybridized carbons (Fsp3) is 0.312. The van der Waals surface area contributed by atoms with Crippen molar-refractivity contribution in [1.29, 1.82) is 0 Å². The number of rotatable bonds is 3. The lowest BCUT2D eigenvalue weighted by molar-refractivity contribution is 0.0944. The minimum atomic E-state index is -0.243. The van der Waals surface area contributed by atoms with Gasteiger partial charge in [-0.25, -0.2) is 19.0 Å². The van der Waals surface area contributed by atoms with E-state index in [4.69, 9.17) is 0 Å². The van der Waals surface area contributed by atoms with Gasteiger partial charge in [-0.15, -0.1) is 11.3 Å². The fourth-order valence-corrected chi connectivity index (χ4v) is 3.22. The average Bonchev–Trinajstić information content (AvgIpc) is 3.26. The highest BCUT2D eigenvalue weighted by Gasteiger charge is 2.19. The Labute approximate surface area is 147 Å². The van der Waals surface area contributed by atoms with Crippen molar-refractivity contribution >= 4 is 27.9 Å². The Bertz CT molecular complexity index is 1070. The molecule has 0 radical (unpaired) electrons. The minimum absolute atomic E-state index is 0.0712. The predicted molar refractivity (Wildman–Crippen MR) is 93.7 cm³/mol. The number of aromatic nitrogens is 6. The molecule has 0 spiro atoms. The van der Waals surface area contributed by atoms with Crippen molar-refractivity contribution in [3.05, 3.63) is 47.1 Å². The van der Waals surface area contributed by atoms with Crippen LogP contribution >= 0.6 is 11.3 Å². The summed E-state index contributed by atoms with van der Waals surface area (Å²) in [6.45, 7) is 6.63. The molecule has 4 aromatic heterocycles. The molecule has 4 heterocycles. The Morgan fingerprint density at radius 2 is 2.16 bits per heavy atom. The summed E-state index contributed by atoms with van der Waals surface area (Å²) in [5.74, 6) is -0.243. The van der Waals surface area contributed by atoms with Gasteiger partial charge < -0.3 is 5.32 Å². The summed E-state index contributed by atoms with van der Waals surface area (Å²) in [6.07, 6.45) is 3.36. The Morgan fingerprint density at radius 1 is 1.32 bits per heavy atom. The third-order valence-corrected chi connectivity index (χ3v) is 4.72. The maximum atomic E-state index is 12.4. The first-order valence-corrected chi connectivity index (χ1v) is 8.71. The number of carbonyl (C=O) groups excluding carboxylic acids is 1. The van der Waals surface area contributed by atoms with E-state index in [1.807, 2.05) is 11.6 Å². The number of thiazole rings is 1. The van der Waals surface area contributed by atoms with E-state index in [9.17, 15) is 4.79 Å². The highest BCUT2D eigenvalue weighted by molar-refractivity contribution is 7.15. The van der Waals surface area contributed by atoms with E-state index in [2.05, 4.69) is 46.3 Å². The van der Waals surface area contributed by atoms with Gasteiger partial charge in [-0.2, -0.15) is 10.2 Å². The first-order valence-electron chi connectivity index (χ1n) is 7.83. The summed E-state index contributed by atoms with van der Waals surface area (Å²) >= 11 is 1.49. The molecule has 8 nitrogen and oxygen atoms in total. The second-order valence-corrected chi connectivity index (χ2v) is 7.60. The van der Waals surface area contributed by atoms with Gasteiger partial charge >= 0.3 is 0 Å². The van der Waals surface area contributed by atoms with Gasteiger partial charge in [0.25, 0.3) is 5.91 Å². The third kappa shape index (κ3) is 2.86. The Kier molecular flexibility index (Phi) is 3.53. The molecule has 1 N–H and O–H groups in total. The zero-order chi connectivity index (χ0) is 17.6. The summed E-state index contributed by atoms with van der Waals surface area (Å²) in [5.41, 5.74) is 2.81. The summed E-state index contributed by atoms with van der Waals surface area (Å²) in [5, 5.41) is 13.3. The van der Waals surface area contributed by atoms with Crippen molar-refractivity contribution in [2.75, 3.05) is 0 Å². The molecule has 0 aliphatic carbocycles. The van der Waals surface area contributed by atoms with Gasteiger partial charge in [-0.05, 0) is 12.1 Å². The first kappa shape index (κ1) is 15.7. The van der Waals surface area contributed by atoms with Crippen LogP contribution in [0.25, 0.3) is 10.6 Å². The van der Waals surface area contributed by atoms with Crippen LogP contribution in [0, 0.1) is 0 Å². The van der Waals surface area contributed by atoms with Crippen molar-refractivity contribution in [1.82, 2.24) is 34.5 Å². The Morgan fingerprint density at radius 3 is 2.96 bits per heavy atom. The number of amides is 1. The second kappa shape index (κ2) is 5.62. The molecule has 0 saturated heterocycles. The molecule has 25 heavy (non-hydrogen) atoms. The molecule has 0 unspecified atom stereocenters. The Hall–Kier alpha value is -2.81. The van der Waals surface area contributed by atoms with Gasteiger partial charge in [0, 0.05) is 10.8 Å². The van der Waals surface area contributed by atoms with Crippen LogP contribution in [0.3, 0.4) is 0 Å². The SMILES string of the molecule is CC(C)(C)c1cn2nc(C(=O)NCc3csc4ncnn34)ccc2n1. The zero-order valence-electron chi connectivity index (χ0n) is 14.1. The monoisotopic (exact) mass is 355 g/mol. The number of hydrogen-bond acceptors (Lipinski definition) is 6. The van der Waals surface area contributed by atoms with E-state index in [1.54, 1.807) is 21.2 Å². The molecule has 9 heteroatoms. The van der Waals surface area contributed by atoms with Crippen LogP contribution < -0.4 is 5.32 Å². The van der Waals surface area contributed by atoms with Gasteiger partial charge in [-0.1, -0.05) is 20.8 Å². The topological polar surface area (TPSA) is 89.5 Å². The van der Waals surface area contributed by atoms with Crippen LogP contribution in [0.1, 0.15) is 42.6 Å². The van der Waals surface area contributed by atoms with Crippen LogP contribution in [-0.2, 0) is 12.0 Å². The molecule has 4 aromatic rings. The van der Waals surface area contributed by atoms with Crippen molar-refractivity contribution in [3.63, 3.8) is 0 Å². The molecule has 0 atom stereocenters. The van der Waals surface area contributed by atoms with Crippen molar-refractivity contribution in [3.8, 4) is 0 Å².